The Morgan fingerprint density at radius 2 is 2.27 bits per heavy atom. The predicted octanol–water partition coefficient (Wildman–Crippen LogP) is 1.69. The molecule has 0 saturated carbocycles. The first-order chi connectivity index (χ1) is 7.09. The van der Waals surface area contributed by atoms with Gasteiger partial charge in [-0.25, -0.2) is 4.68 Å². The molecule has 1 aromatic heterocycles. The summed E-state index contributed by atoms with van der Waals surface area (Å²) in [5.74, 6) is 0.606. The summed E-state index contributed by atoms with van der Waals surface area (Å²) >= 11 is 6.03. The lowest BCUT2D eigenvalue weighted by molar-refractivity contribution is 0.204. The molecule has 0 bridgehead atoms. The number of anilines is 1. The van der Waals surface area contributed by atoms with Gasteiger partial charge in [-0.3, -0.25) is 0 Å². The van der Waals surface area contributed by atoms with Gasteiger partial charge in [-0.05, 0) is 33.4 Å². The van der Waals surface area contributed by atoms with E-state index in [1.807, 2.05) is 11.6 Å². The molecule has 4 nitrogen and oxygen atoms in total. The third kappa shape index (κ3) is 1.96. The molecule has 1 saturated heterocycles. The Hall–Kier alpha value is -0.740. The number of nitrogens with two attached hydrogens (primary N) is 1. The van der Waals surface area contributed by atoms with Crippen LogP contribution in [0.15, 0.2) is 0 Å². The van der Waals surface area contributed by atoms with E-state index in [4.69, 9.17) is 17.3 Å². The Morgan fingerprint density at radius 1 is 1.53 bits per heavy atom. The molecule has 1 aliphatic rings. The van der Waals surface area contributed by atoms with E-state index < -0.39 is 0 Å². The monoisotopic (exact) mass is 228 g/mol. The molecule has 1 atom stereocenters. The van der Waals surface area contributed by atoms with Crippen LogP contribution < -0.4 is 5.73 Å². The molecule has 15 heavy (non-hydrogen) atoms. The summed E-state index contributed by atoms with van der Waals surface area (Å²) in [6.45, 7) is 4.05. The van der Waals surface area contributed by atoms with E-state index in [2.05, 4.69) is 17.0 Å². The lowest BCUT2D eigenvalue weighted by Gasteiger charge is -2.30. The van der Waals surface area contributed by atoms with Crippen molar-refractivity contribution in [3.63, 3.8) is 0 Å². The molecule has 0 spiro atoms. The molecule has 1 unspecified atom stereocenters. The van der Waals surface area contributed by atoms with Gasteiger partial charge < -0.3 is 10.6 Å². The van der Waals surface area contributed by atoms with Crippen molar-refractivity contribution in [1.29, 1.82) is 0 Å². The zero-order valence-corrected chi connectivity index (χ0v) is 9.96. The largest absolute Gasteiger partial charge is 0.383 e. The summed E-state index contributed by atoms with van der Waals surface area (Å²) in [5, 5.41) is 5.00. The molecule has 5 heteroatoms. The van der Waals surface area contributed by atoms with E-state index >= 15 is 0 Å². The Labute approximate surface area is 95.0 Å². The van der Waals surface area contributed by atoms with Crippen molar-refractivity contribution in [3.8, 4) is 0 Å². The Bertz CT molecular complexity index is 361. The first kappa shape index (κ1) is 10.8. The first-order valence-corrected chi connectivity index (χ1v) is 5.66. The molecular formula is C10H17ClN4. The van der Waals surface area contributed by atoms with Gasteiger partial charge in [0.05, 0.1) is 11.7 Å². The third-order valence-electron chi connectivity index (χ3n) is 2.99. The summed E-state index contributed by atoms with van der Waals surface area (Å²) in [7, 11) is 2.13. The van der Waals surface area contributed by atoms with E-state index in [0.29, 0.717) is 16.9 Å². The third-order valence-corrected chi connectivity index (χ3v) is 3.46. The molecular weight excluding hydrogens is 212 g/mol. The van der Waals surface area contributed by atoms with E-state index in [-0.39, 0.29) is 0 Å². The molecule has 0 amide bonds. The molecule has 0 aliphatic carbocycles. The van der Waals surface area contributed by atoms with Crippen molar-refractivity contribution in [2.45, 2.75) is 25.8 Å². The molecule has 2 N–H and O–H groups in total. The number of hydrogen-bond donors (Lipinski definition) is 1. The summed E-state index contributed by atoms with van der Waals surface area (Å²) in [5.41, 5.74) is 6.75. The van der Waals surface area contributed by atoms with Gasteiger partial charge in [0.15, 0.2) is 0 Å². The van der Waals surface area contributed by atoms with Gasteiger partial charge in [0.1, 0.15) is 10.8 Å². The van der Waals surface area contributed by atoms with Crippen molar-refractivity contribution in [2.24, 2.45) is 0 Å². The molecule has 84 valence electrons. The Kier molecular flexibility index (Phi) is 2.89. The van der Waals surface area contributed by atoms with E-state index in [1.54, 1.807) is 0 Å². The van der Waals surface area contributed by atoms with E-state index in [0.717, 1.165) is 25.2 Å². The number of piperidine rings is 1. The fraction of sp³-hybridized carbons (Fsp3) is 0.700. The maximum atomic E-state index is 6.03. The topological polar surface area (TPSA) is 47.1 Å². The summed E-state index contributed by atoms with van der Waals surface area (Å²) in [6.07, 6.45) is 2.32. The summed E-state index contributed by atoms with van der Waals surface area (Å²) < 4.78 is 1.88. The number of likely N-dealkylation sites (tertiary alicyclic amines) is 1. The Balaban J connectivity index is 2.25. The number of aromatic nitrogens is 2. The van der Waals surface area contributed by atoms with Crippen molar-refractivity contribution >= 4 is 17.4 Å². The second kappa shape index (κ2) is 4.02. The van der Waals surface area contributed by atoms with Gasteiger partial charge in [0, 0.05) is 6.54 Å². The van der Waals surface area contributed by atoms with Crippen molar-refractivity contribution in [1.82, 2.24) is 14.7 Å². The molecule has 2 rings (SSSR count). The minimum absolute atomic E-state index is 0.370. The van der Waals surface area contributed by atoms with Crippen molar-refractivity contribution < 1.29 is 0 Å². The first-order valence-electron chi connectivity index (χ1n) is 5.28. The molecule has 1 aliphatic heterocycles. The minimum Gasteiger partial charge on any atom is -0.383 e. The number of hydrogen-bond acceptors (Lipinski definition) is 3. The zero-order chi connectivity index (χ0) is 11.0. The van der Waals surface area contributed by atoms with Gasteiger partial charge in [-0.2, -0.15) is 5.10 Å². The minimum atomic E-state index is 0.370. The number of nitrogen functional groups attached to an aromatic ring is 1. The molecule has 0 aromatic carbocycles. The average molecular weight is 229 g/mol. The molecule has 0 radical (unpaired) electrons. The van der Waals surface area contributed by atoms with Crippen LogP contribution in [0.25, 0.3) is 0 Å². The van der Waals surface area contributed by atoms with E-state index in [1.165, 1.54) is 6.42 Å². The second-order valence-corrected chi connectivity index (χ2v) is 4.67. The maximum absolute atomic E-state index is 6.03. The lowest BCUT2D eigenvalue weighted by Crippen LogP contribution is -2.34. The predicted molar refractivity (Wildman–Crippen MR) is 62.2 cm³/mol. The Morgan fingerprint density at radius 3 is 2.80 bits per heavy atom. The highest BCUT2D eigenvalue weighted by molar-refractivity contribution is 6.33. The van der Waals surface area contributed by atoms with Crippen molar-refractivity contribution in [2.75, 3.05) is 25.9 Å². The van der Waals surface area contributed by atoms with Crippen LogP contribution in [0.5, 0.6) is 0 Å². The second-order valence-electron chi connectivity index (χ2n) is 4.29. The van der Waals surface area contributed by atoms with Crippen LogP contribution in [-0.2, 0) is 0 Å². The normalized spacial score (nSPS) is 23.3. The van der Waals surface area contributed by atoms with Gasteiger partial charge in [0.2, 0.25) is 0 Å². The highest BCUT2D eigenvalue weighted by Gasteiger charge is 2.22. The van der Waals surface area contributed by atoms with Crippen LogP contribution >= 0.6 is 11.6 Å². The maximum Gasteiger partial charge on any atom is 0.141 e. The number of nitrogens with zero attached hydrogens (tertiary/aromatic N) is 3. The summed E-state index contributed by atoms with van der Waals surface area (Å²) in [6, 6.07) is 0.370. The van der Waals surface area contributed by atoms with E-state index in [9.17, 15) is 0 Å². The quantitative estimate of drug-likeness (QED) is 0.796. The van der Waals surface area contributed by atoms with Crippen LogP contribution in [0.2, 0.25) is 5.02 Å². The fourth-order valence-electron chi connectivity index (χ4n) is 2.16. The number of rotatable bonds is 1. The van der Waals surface area contributed by atoms with Crippen LogP contribution in [0.3, 0.4) is 0 Å². The highest BCUT2D eigenvalue weighted by Crippen LogP contribution is 2.29. The van der Waals surface area contributed by atoms with Gasteiger partial charge >= 0.3 is 0 Å². The molecule has 2 heterocycles. The fourth-order valence-corrected chi connectivity index (χ4v) is 2.29. The number of likely N-dealkylation sites (N-methyl/N-ethyl adjacent to an activating group) is 1. The zero-order valence-electron chi connectivity index (χ0n) is 9.20. The lowest BCUT2D eigenvalue weighted by atomic mass is 10.1. The average Bonchev–Trinajstić information content (AvgIpc) is 2.46. The van der Waals surface area contributed by atoms with Crippen LogP contribution in [0, 0.1) is 6.92 Å². The van der Waals surface area contributed by atoms with Gasteiger partial charge in [-0.15, -0.1) is 0 Å². The SMILES string of the molecule is Cc1nn(C2CCCN(C)C2)c(N)c1Cl. The molecule has 1 aromatic rings. The number of halogens is 1. The van der Waals surface area contributed by atoms with Crippen molar-refractivity contribution in [3.05, 3.63) is 10.7 Å². The van der Waals surface area contributed by atoms with Gasteiger partial charge in [-0.1, -0.05) is 11.6 Å². The van der Waals surface area contributed by atoms with Crippen LogP contribution in [0.4, 0.5) is 5.82 Å². The number of aryl methyl sites for hydroxylation is 1. The smallest absolute Gasteiger partial charge is 0.141 e. The molecule has 1 fully saturated rings. The highest BCUT2D eigenvalue weighted by atomic mass is 35.5. The van der Waals surface area contributed by atoms with Crippen LogP contribution in [-0.4, -0.2) is 34.8 Å². The standard InChI is InChI=1S/C10H17ClN4/c1-7-9(11)10(12)15(13-7)8-4-3-5-14(2)6-8/h8H,3-6,12H2,1-2H3. The summed E-state index contributed by atoms with van der Waals surface area (Å²) in [4.78, 5) is 2.30. The van der Waals surface area contributed by atoms with Gasteiger partial charge in [0.25, 0.3) is 0 Å². The van der Waals surface area contributed by atoms with Crippen LogP contribution in [0.1, 0.15) is 24.6 Å².